The lowest BCUT2D eigenvalue weighted by atomic mass is 9.63. The molecule has 3 rings (SSSR count). The first-order valence-electron chi connectivity index (χ1n) is 11.0. The molecule has 132 valence electrons. The number of hydrogen-bond acceptors (Lipinski definition) is 0. The van der Waals surface area contributed by atoms with Gasteiger partial charge in [0.05, 0.1) is 0 Å². The molecule has 2 saturated carbocycles. The normalized spacial score (nSPS) is 35.7. The molecule has 0 nitrogen and oxygen atoms in total. The van der Waals surface area contributed by atoms with Crippen molar-refractivity contribution in [2.24, 2.45) is 29.6 Å². The van der Waals surface area contributed by atoms with E-state index in [2.05, 4.69) is 19.9 Å². The van der Waals surface area contributed by atoms with Gasteiger partial charge >= 0.3 is 0 Å². The fraction of sp³-hybridized carbons (Fsp3) is 0.913. The highest BCUT2D eigenvalue weighted by atomic mass is 14.4. The Bertz CT molecular complexity index is 373. The van der Waals surface area contributed by atoms with E-state index in [1.165, 1.54) is 89.9 Å². The van der Waals surface area contributed by atoms with Crippen molar-refractivity contribution >= 4 is 0 Å². The highest BCUT2D eigenvalue weighted by Crippen LogP contribution is 2.47. The predicted molar refractivity (Wildman–Crippen MR) is 102 cm³/mol. The summed E-state index contributed by atoms with van der Waals surface area (Å²) >= 11 is 0. The van der Waals surface area contributed by atoms with E-state index in [-0.39, 0.29) is 0 Å². The Hall–Kier alpha value is -0.260. The van der Waals surface area contributed by atoms with Gasteiger partial charge < -0.3 is 0 Å². The van der Waals surface area contributed by atoms with Crippen LogP contribution in [0.3, 0.4) is 0 Å². The third-order valence-corrected chi connectivity index (χ3v) is 7.53. The van der Waals surface area contributed by atoms with Gasteiger partial charge in [0.25, 0.3) is 0 Å². The fourth-order valence-corrected chi connectivity index (χ4v) is 5.86. The van der Waals surface area contributed by atoms with Crippen molar-refractivity contribution < 1.29 is 0 Å². The Kier molecular flexibility index (Phi) is 6.66. The van der Waals surface area contributed by atoms with Gasteiger partial charge in [-0.15, -0.1) is 0 Å². The van der Waals surface area contributed by atoms with Crippen LogP contribution in [-0.4, -0.2) is 0 Å². The molecule has 0 radical (unpaired) electrons. The molecule has 0 bridgehead atoms. The number of allylic oxidation sites excluding steroid dienone is 2. The first-order chi connectivity index (χ1) is 11.3. The zero-order chi connectivity index (χ0) is 16.1. The molecule has 0 aromatic heterocycles. The molecule has 3 aliphatic carbocycles. The van der Waals surface area contributed by atoms with Crippen LogP contribution in [0.4, 0.5) is 0 Å². The molecular formula is C23H40. The van der Waals surface area contributed by atoms with E-state index in [4.69, 9.17) is 0 Å². The second kappa shape index (κ2) is 8.72. The Morgan fingerprint density at radius 2 is 1.57 bits per heavy atom. The summed E-state index contributed by atoms with van der Waals surface area (Å²) in [5.74, 6) is 5.07. The Labute approximate surface area is 145 Å². The smallest absolute Gasteiger partial charge is 0.0137 e. The SMILES string of the molecule is CCC1=CC2CC(CC)CCC(CCCC3CCCCC3)CC12. The van der Waals surface area contributed by atoms with E-state index in [0.29, 0.717) is 0 Å². The van der Waals surface area contributed by atoms with Gasteiger partial charge in [0, 0.05) is 0 Å². The Morgan fingerprint density at radius 1 is 0.826 bits per heavy atom. The lowest BCUT2D eigenvalue weighted by Gasteiger charge is -2.42. The van der Waals surface area contributed by atoms with Crippen molar-refractivity contribution in [2.75, 3.05) is 0 Å². The van der Waals surface area contributed by atoms with Gasteiger partial charge in [-0.3, -0.25) is 0 Å². The summed E-state index contributed by atoms with van der Waals surface area (Å²) in [5.41, 5.74) is 1.81. The first kappa shape index (κ1) is 17.6. The Morgan fingerprint density at radius 3 is 2.30 bits per heavy atom. The standard InChI is InChI=1S/C23H40/c1-3-18-13-14-20(12-8-11-19-9-6-5-7-10-19)16-23-21(4-2)17-22(23)15-18/h17-20,22-23H,3-16H2,1-2H3. The second-order valence-electron chi connectivity index (χ2n) is 8.99. The molecule has 4 atom stereocenters. The van der Waals surface area contributed by atoms with E-state index in [1.807, 2.05) is 5.57 Å². The predicted octanol–water partition coefficient (Wildman–Crippen LogP) is 7.54. The van der Waals surface area contributed by atoms with Crippen molar-refractivity contribution in [3.63, 3.8) is 0 Å². The third-order valence-electron chi connectivity index (χ3n) is 7.53. The first-order valence-corrected chi connectivity index (χ1v) is 11.0. The highest BCUT2D eigenvalue weighted by molar-refractivity contribution is 5.22. The zero-order valence-corrected chi connectivity index (χ0v) is 15.9. The molecular weight excluding hydrogens is 276 g/mol. The van der Waals surface area contributed by atoms with Crippen molar-refractivity contribution in [1.29, 1.82) is 0 Å². The maximum atomic E-state index is 2.65. The molecule has 0 spiro atoms. The van der Waals surface area contributed by atoms with E-state index in [0.717, 1.165) is 29.6 Å². The molecule has 0 heterocycles. The van der Waals surface area contributed by atoms with Crippen LogP contribution in [-0.2, 0) is 0 Å². The van der Waals surface area contributed by atoms with Crippen LogP contribution in [0, 0.1) is 29.6 Å². The summed E-state index contributed by atoms with van der Waals surface area (Å²) in [6, 6.07) is 0. The fourth-order valence-electron chi connectivity index (χ4n) is 5.86. The molecule has 2 fully saturated rings. The average Bonchev–Trinajstić information content (AvgIpc) is 2.57. The van der Waals surface area contributed by atoms with Gasteiger partial charge in [-0.1, -0.05) is 96.1 Å². The second-order valence-corrected chi connectivity index (χ2v) is 8.99. The summed E-state index contributed by atoms with van der Waals surface area (Å²) in [7, 11) is 0. The Balaban J connectivity index is 1.48. The van der Waals surface area contributed by atoms with Crippen LogP contribution in [0.15, 0.2) is 11.6 Å². The summed E-state index contributed by atoms with van der Waals surface area (Å²) in [6.45, 7) is 4.79. The van der Waals surface area contributed by atoms with E-state index >= 15 is 0 Å². The summed E-state index contributed by atoms with van der Waals surface area (Å²) in [6.07, 6.45) is 23.7. The monoisotopic (exact) mass is 316 g/mol. The van der Waals surface area contributed by atoms with Crippen LogP contribution >= 0.6 is 0 Å². The van der Waals surface area contributed by atoms with E-state index in [1.54, 1.807) is 0 Å². The van der Waals surface area contributed by atoms with Crippen molar-refractivity contribution in [3.05, 3.63) is 11.6 Å². The molecule has 0 amide bonds. The largest absolute Gasteiger partial charge is 0.0813 e. The number of rotatable bonds is 6. The molecule has 23 heavy (non-hydrogen) atoms. The summed E-state index contributed by atoms with van der Waals surface area (Å²) in [5, 5.41) is 0. The lowest BCUT2D eigenvalue weighted by molar-refractivity contribution is 0.190. The summed E-state index contributed by atoms with van der Waals surface area (Å²) < 4.78 is 0. The molecule has 3 aliphatic rings. The van der Waals surface area contributed by atoms with Gasteiger partial charge in [-0.25, -0.2) is 0 Å². The topological polar surface area (TPSA) is 0 Å². The number of hydrogen-bond donors (Lipinski definition) is 0. The average molecular weight is 317 g/mol. The van der Waals surface area contributed by atoms with Crippen LogP contribution in [0.25, 0.3) is 0 Å². The zero-order valence-electron chi connectivity index (χ0n) is 15.9. The van der Waals surface area contributed by atoms with Crippen LogP contribution < -0.4 is 0 Å². The molecule has 0 saturated heterocycles. The minimum absolute atomic E-state index is 0.955. The molecule has 0 aliphatic heterocycles. The summed E-state index contributed by atoms with van der Waals surface area (Å²) in [4.78, 5) is 0. The molecule has 0 aromatic carbocycles. The lowest BCUT2D eigenvalue weighted by Crippen LogP contribution is -2.31. The third kappa shape index (κ3) is 4.64. The molecule has 0 N–H and O–H groups in total. The van der Waals surface area contributed by atoms with Gasteiger partial charge in [0.15, 0.2) is 0 Å². The van der Waals surface area contributed by atoms with E-state index in [9.17, 15) is 0 Å². The highest BCUT2D eigenvalue weighted by Gasteiger charge is 2.36. The van der Waals surface area contributed by atoms with E-state index < -0.39 is 0 Å². The van der Waals surface area contributed by atoms with Crippen molar-refractivity contribution in [2.45, 2.75) is 104 Å². The minimum atomic E-state index is 0.955. The molecule has 0 heteroatoms. The van der Waals surface area contributed by atoms with Crippen molar-refractivity contribution in [3.8, 4) is 0 Å². The maximum Gasteiger partial charge on any atom is -0.0137 e. The number of fused-ring (bicyclic) bond motifs is 1. The van der Waals surface area contributed by atoms with Crippen LogP contribution in [0.2, 0.25) is 0 Å². The van der Waals surface area contributed by atoms with Crippen molar-refractivity contribution in [1.82, 2.24) is 0 Å². The van der Waals surface area contributed by atoms with Gasteiger partial charge in [0.1, 0.15) is 0 Å². The van der Waals surface area contributed by atoms with Gasteiger partial charge in [-0.05, 0) is 48.9 Å². The van der Waals surface area contributed by atoms with Crippen LogP contribution in [0.1, 0.15) is 104 Å². The van der Waals surface area contributed by atoms with Crippen LogP contribution in [0.5, 0.6) is 0 Å². The minimum Gasteiger partial charge on any atom is -0.0813 e. The molecule has 4 unspecified atom stereocenters. The van der Waals surface area contributed by atoms with Gasteiger partial charge in [0.2, 0.25) is 0 Å². The maximum absolute atomic E-state index is 2.65. The molecule has 0 aromatic rings. The van der Waals surface area contributed by atoms with Gasteiger partial charge in [-0.2, -0.15) is 0 Å². The quantitative estimate of drug-likeness (QED) is 0.444.